The van der Waals surface area contributed by atoms with Crippen molar-refractivity contribution in [2.45, 2.75) is 13.3 Å². The molecule has 82 valence electrons. The van der Waals surface area contributed by atoms with Crippen LogP contribution in [-0.2, 0) is 6.42 Å². The van der Waals surface area contributed by atoms with Crippen LogP contribution in [0.1, 0.15) is 23.0 Å². The van der Waals surface area contributed by atoms with Crippen LogP contribution in [0.25, 0.3) is 0 Å². The Hall–Kier alpha value is -2.03. The van der Waals surface area contributed by atoms with Gasteiger partial charge in [0.25, 0.3) is 5.95 Å². The van der Waals surface area contributed by atoms with Crippen LogP contribution in [0.4, 0.5) is 0 Å². The highest BCUT2D eigenvalue weighted by molar-refractivity contribution is 5.70. The normalized spacial score (nSPS) is 10.1. The van der Waals surface area contributed by atoms with E-state index in [1.165, 1.54) is 5.56 Å². The third kappa shape index (κ3) is 2.31. The summed E-state index contributed by atoms with van der Waals surface area (Å²) >= 11 is 0. The van der Waals surface area contributed by atoms with Crippen molar-refractivity contribution in [3.05, 3.63) is 47.7 Å². The summed E-state index contributed by atoms with van der Waals surface area (Å²) in [5, 5.41) is 0. The van der Waals surface area contributed by atoms with E-state index in [1.54, 1.807) is 12.1 Å². The highest BCUT2D eigenvalue weighted by Crippen LogP contribution is 2.23. The lowest BCUT2D eigenvalue weighted by molar-refractivity contribution is 0.109. The van der Waals surface area contributed by atoms with Gasteiger partial charge in [0.15, 0.2) is 12.0 Å². The molecule has 0 unspecified atom stereocenters. The first-order valence-electron chi connectivity index (χ1n) is 5.13. The van der Waals surface area contributed by atoms with E-state index in [-0.39, 0.29) is 5.76 Å². The van der Waals surface area contributed by atoms with Crippen LogP contribution in [-0.4, -0.2) is 6.29 Å². The number of hydrogen-bond acceptors (Lipinski definition) is 3. The molecule has 16 heavy (non-hydrogen) atoms. The Morgan fingerprint density at radius 1 is 1.19 bits per heavy atom. The molecule has 2 rings (SSSR count). The highest BCUT2D eigenvalue weighted by atomic mass is 16.6. The van der Waals surface area contributed by atoms with Crippen molar-refractivity contribution >= 4 is 6.29 Å². The minimum absolute atomic E-state index is 0.264. The standard InChI is InChI=1S/C13H12O3/c1-2-10-3-5-11(6-4-10)15-13-8-7-12(9-14)16-13/h3-9H,2H2,1H3. The number of aldehydes is 1. The predicted octanol–water partition coefficient (Wildman–Crippen LogP) is 3.45. The van der Waals surface area contributed by atoms with E-state index >= 15 is 0 Å². The lowest BCUT2D eigenvalue weighted by Gasteiger charge is -2.02. The summed E-state index contributed by atoms with van der Waals surface area (Å²) in [5.41, 5.74) is 1.25. The SMILES string of the molecule is CCc1ccc(Oc2ccc(C=O)o2)cc1. The van der Waals surface area contributed by atoms with Crippen LogP contribution in [0.2, 0.25) is 0 Å². The van der Waals surface area contributed by atoms with Crippen LogP contribution in [0.15, 0.2) is 40.8 Å². The Balaban J connectivity index is 2.10. The van der Waals surface area contributed by atoms with Gasteiger partial charge in [-0.2, -0.15) is 0 Å². The first kappa shape index (κ1) is 10.5. The number of ether oxygens (including phenoxy) is 1. The molecule has 0 aliphatic rings. The molecule has 2 aromatic rings. The number of carbonyl (C=O) groups is 1. The first-order valence-corrected chi connectivity index (χ1v) is 5.13. The van der Waals surface area contributed by atoms with E-state index < -0.39 is 0 Å². The van der Waals surface area contributed by atoms with Crippen molar-refractivity contribution in [1.82, 2.24) is 0 Å². The molecule has 0 saturated heterocycles. The van der Waals surface area contributed by atoms with Gasteiger partial charge in [-0.05, 0) is 30.2 Å². The van der Waals surface area contributed by atoms with E-state index in [2.05, 4.69) is 6.92 Å². The number of carbonyl (C=O) groups excluding carboxylic acids is 1. The Morgan fingerprint density at radius 3 is 2.50 bits per heavy atom. The molecule has 1 aromatic heterocycles. The Labute approximate surface area is 93.7 Å². The average Bonchev–Trinajstić information content (AvgIpc) is 2.78. The largest absolute Gasteiger partial charge is 0.426 e. The van der Waals surface area contributed by atoms with Gasteiger partial charge in [0.1, 0.15) is 5.75 Å². The van der Waals surface area contributed by atoms with Crippen molar-refractivity contribution in [3.8, 4) is 11.7 Å². The molecule has 0 amide bonds. The molecule has 0 aliphatic carbocycles. The molecule has 0 atom stereocenters. The van der Waals surface area contributed by atoms with Crippen molar-refractivity contribution in [2.24, 2.45) is 0 Å². The van der Waals surface area contributed by atoms with Gasteiger partial charge in [-0.3, -0.25) is 4.79 Å². The van der Waals surface area contributed by atoms with Crippen LogP contribution in [0, 0.1) is 0 Å². The lowest BCUT2D eigenvalue weighted by atomic mass is 10.2. The Kier molecular flexibility index (Phi) is 3.05. The van der Waals surface area contributed by atoms with Gasteiger partial charge in [-0.25, -0.2) is 0 Å². The second kappa shape index (κ2) is 4.66. The van der Waals surface area contributed by atoms with Crippen LogP contribution in [0.3, 0.4) is 0 Å². The van der Waals surface area contributed by atoms with E-state index in [0.29, 0.717) is 18.0 Å². The summed E-state index contributed by atoms with van der Waals surface area (Å²) in [5.74, 6) is 1.29. The molecular weight excluding hydrogens is 204 g/mol. The number of furan rings is 1. The van der Waals surface area contributed by atoms with Crippen LogP contribution >= 0.6 is 0 Å². The third-order valence-electron chi connectivity index (χ3n) is 2.27. The molecule has 0 spiro atoms. The van der Waals surface area contributed by atoms with E-state index in [0.717, 1.165) is 6.42 Å². The van der Waals surface area contributed by atoms with Gasteiger partial charge >= 0.3 is 0 Å². The topological polar surface area (TPSA) is 39.4 Å². The molecule has 0 N–H and O–H groups in total. The minimum Gasteiger partial charge on any atom is -0.426 e. The zero-order valence-corrected chi connectivity index (χ0v) is 8.97. The molecule has 1 heterocycles. The van der Waals surface area contributed by atoms with Gasteiger partial charge in [0, 0.05) is 6.07 Å². The molecule has 0 bridgehead atoms. The molecule has 3 nitrogen and oxygen atoms in total. The van der Waals surface area contributed by atoms with Crippen LogP contribution < -0.4 is 4.74 Å². The zero-order chi connectivity index (χ0) is 11.4. The van der Waals surface area contributed by atoms with Gasteiger partial charge in [0.05, 0.1) is 0 Å². The number of rotatable bonds is 4. The van der Waals surface area contributed by atoms with Crippen molar-refractivity contribution in [2.75, 3.05) is 0 Å². The second-order valence-electron chi connectivity index (χ2n) is 3.37. The summed E-state index contributed by atoms with van der Waals surface area (Å²) in [6.45, 7) is 2.10. The van der Waals surface area contributed by atoms with Gasteiger partial charge < -0.3 is 9.15 Å². The predicted molar refractivity (Wildman–Crippen MR) is 60.0 cm³/mol. The second-order valence-corrected chi connectivity index (χ2v) is 3.37. The molecule has 3 heteroatoms. The summed E-state index contributed by atoms with van der Waals surface area (Å²) < 4.78 is 10.5. The fraction of sp³-hybridized carbons (Fsp3) is 0.154. The number of aryl methyl sites for hydroxylation is 1. The molecule has 0 aliphatic heterocycles. The summed E-state index contributed by atoms with van der Waals surface area (Å²) in [7, 11) is 0. The molecule has 0 fully saturated rings. The zero-order valence-electron chi connectivity index (χ0n) is 8.97. The van der Waals surface area contributed by atoms with E-state index in [4.69, 9.17) is 9.15 Å². The van der Waals surface area contributed by atoms with Gasteiger partial charge in [0.2, 0.25) is 0 Å². The molecule has 0 radical (unpaired) electrons. The van der Waals surface area contributed by atoms with Gasteiger partial charge in [-0.1, -0.05) is 19.1 Å². The van der Waals surface area contributed by atoms with Crippen LogP contribution in [0.5, 0.6) is 11.7 Å². The van der Waals surface area contributed by atoms with Crippen molar-refractivity contribution in [3.63, 3.8) is 0 Å². The third-order valence-corrected chi connectivity index (χ3v) is 2.27. The fourth-order valence-electron chi connectivity index (χ4n) is 1.36. The van der Waals surface area contributed by atoms with Crippen molar-refractivity contribution in [1.29, 1.82) is 0 Å². The summed E-state index contributed by atoms with van der Waals surface area (Å²) in [6, 6.07) is 10.9. The van der Waals surface area contributed by atoms with Crippen molar-refractivity contribution < 1.29 is 13.9 Å². The van der Waals surface area contributed by atoms with E-state index in [9.17, 15) is 4.79 Å². The maximum absolute atomic E-state index is 10.4. The monoisotopic (exact) mass is 216 g/mol. The lowest BCUT2D eigenvalue weighted by Crippen LogP contribution is -1.83. The first-order chi connectivity index (χ1) is 7.81. The summed E-state index contributed by atoms with van der Waals surface area (Å²) in [6.07, 6.45) is 1.64. The van der Waals surface area contributed by atoms with E-state index in [1.807, 2.05) is 24.3 Å². The molecule has 1 aromatic carbocycles. The smallest absolute Gasteiger partial charge is 0.290 e. The fourth-order valence-corrected chi connectivity index (χ4v) is 1.36. The maximum Gasteiger partial charge on any atom is 0.290 e. The Morgan fingerprint density at radius 2 is 1.94 bits per heavy atom. The maximum atomic E-state index is 10.4. The quantitative estimate of drug-likeness (QED) is 0.735. The molecule has 0 saturated carbocycles. The van der Waals surface area contributed by atoms with Gasteiger partial charge in [-0.15, -0.1) is 0 Å². The average molecular weight is 216 g/mol. The Bertz CT molecular complexity index is 468. The molecular formula is C13H12O3. The summed E-state index contributed by atoms with van der Waals surface area (Å²) in [4.78, 5) is 10.4. The number of hydrogen-bond donors (Lipinski definition) is 0. The number of benzene rings is 1. The minimum atomic E-state index is 0.264. The highest BCUT2D eigenvalue weighted by Gasteiger charge is 2.03.